The van der Waals surface area contributed by atoms with Crippen LogP contribution in [0.5, 0.6) is 0 Å². The summed E-state index contributed by atoms with van der Waals surface area (Å²) in [6.45, 7) is 8.89. The first-order chi connectivity index (χ1) is 14.8. The van der Waals surface area contributed by atoms with Crippen LogP contribution < -0.4 is 10.6 Å². The minimum absolute atomic E-state index is 0.109. The number of nitrogens with one attached hydrogen (secondary N) is 2. The van der Waals surface area contributed by atoms with E-state index in [1.165, 1.54) is 6.92 Å². The third-order valence-electron chi connectivity index (χ3n) is 6.05. The van der Waals surface area contributed by atoms with Crippen molar-refractivity contribution < 1.29 is 23.9 Å². The van der Waals surface area contributed by atoms with Crippen molar-refractivity contribution in [2.45, 2.75) is 65.5 Å². The lowest BCUT2D eigenvalue weighted by molar-refractivity contribution is -0.155. The van der Waals surface area contributed by atoms with Crippen LogP contribution in [0.3, 0.4) is 0 Å². The number of carbonyl (C=O) groups excluding carboxylic acids is 4. The smallest absolute Gasteiger partial charge is 0.327 e. The largest absolute Gasteiger partial charge is 0.451 e. The van der Waals surface area contributed by atoms with E-state index in [4.69, 9.17) is 16.3 Å². The molecule has 3 rings (SSSR count). The van der Waals surface area contributed by atoms with Gasteiger partial charge in [0.2, 0.25) is 0 Å². The number of imide groups is 1. The standard InChI is InChI=1S/C23H30ClN3O5/c1-13-9-22(4,5)12-23(10-13)20(30)27(21(31)26-23)11-18(28)32-15(3)19(29)25-17-8-16(24)7-6-14(17)2/h6-8,13,15H,9-12H2,1-5H3,(H,25,29)(H,26,31). The first-order valence-corrected chi connectivity index (χ1v) is 11.1. The number of esters is 1. The molecule has 4 amide bonds. The second-order valence-electron chi connectivity index (χ2n) is 9.84. The molecule has 1 heterocycles. The van der Waals surface area contributed by atoms with Gasteiger partial charge >= 0.3 is 12.0 Å². The number of benzene rings is 1. The zero-order valence-corrected chi connectivity index (χ0v) is 19.8. The zero-order valence-electron chi connectivity index (χ0n) is 19.1. The molecule has 1 aliphatic carbocycles. The summed E-state index contributed by atoms with van der Waals surface area (Å²) in [4.78, 5) is 51.4. The van der Waals surface area contributed by atoms with Gasteiger partial charge in [-0.3, -0.25) is 19.3 Å². The number of ether oxygens (including phenoxy) is 1. The van der Waals surface area contributed by atoms with Gasteiger partial charge in [0.15, 0.2) is 6.10 Å². The predicted molar refractivity (Wildman–Crippen MR) is 120 cm³/mol. The van der Waals surface area contributed by atoms with Gasteiger partial charge in [-0.05, 0) is 62.1 Å². The molecule has 1 saturated carbocycles. The van der Waals surface area contributed by atoms with Crippen LogP contribution in [0.15, 0.2) is 18.2 Å². The lowest BCUT2D eigenvalue weighted by Gasteiger charge is -2.43. The third kappa shape index (κ3) is 5.06. The number of urea groups is 1. The molecule has 1 saturated heterocycles. The summed E-state index contributed by atoms with van der Waals surface area (Å²) in [6, 6.07) is 4.45. The number of amides is 4. The van der Waals surface area contributed by atoms with E-state index in [2.05, 4.69) is 31.4 Å². The highest BCUT2D eigenvalue weighted by Gasteiger charge is 2.56. The van der Waals surface area contributed by atoms with Crippen molar-refractivity contribution in [2.24, 2.45) is 11.3 Å². The Morgan fingerprint density at radius 3 is 2.66 bits per heavy atom. The molecular weight excluding hydrogens is 434 g/mol. The summed E-state index contributed by atoms with van der Waals surface area (Å²) in [6.07, 6.45) is 0.880. The Kier molecular flexibility index (Phi) is 6.56. The maximum Gasteiger partial charge on any atom is 0.327 e. The molecule has 2 aliphatic rings. The summed E-state index contributed by atoms with van der Waals surface area (Å²) < 4.78 is 5.19. The molecule has 0 aromatic heterocycles. The van der Waals surface area contributed by atoms with Crippen molar-refractivity contribution in [2.75, 3.05) is 11.9 Å². The molecule has 1 spiro atoms. The van der Waals surface area contributed by atoms with E-state index in [1.807, 2.05) is 6.92 Å². The van der Waals surface area contributed by atoms with Crippen LogP contribution in [-0.4, -0.2) is 46.9 Å². The number of aryl methyl sites for hydroxylation is 1. The van der Waals surface area contributed by atoms with Crippen molar-refractivity contribution in [1.82, 2.24) is 10.2 Å². The molecule has 2 fully saturated rings. The van der Waals surface area contributed by atoms with Gasteiger partial charge < -0.3 is 15.4 Å². The fourth-order valence-corrected chi connectivity index (χ4v) is 5.20. The molecule has 1 aromatic carbocycles. The highest BCUT2D eigenvalue weighted by atomic mass is 35.5. The molecule has 32 heavy (non-hydrogen) atoms. The second-order valence-corrected chi connectivity index (χ2v) is 10.3. The van der Waals surface area contributed by atoms with E-state index >= 15 is 0 Å². The Bertz CT molecular complexity index is 963. The topological polar surface area (TPSA) is 105 Å². The number of carbonyl (C=O) groups is 4. The van der Waals surface area contributed by atoms with Crippen molar-refractivity contribution >= 4 is 41.1 Å². The summed E-state index contributed by atoms with van der Waals surface area (Å²) in [5, 5.41) is 5.95. The van der Waals surface area contributed by atoms with Crippen LogP contribution in [0, 0.1) is 18.3 Å². The molecule has 9 heteroatoms. The number of nitrogens with zero attached hydrogens (tertiary/aromatic N) is 1. The molecule has 3 unspecified atom stereocenters. The van der Waals surface area contributed by atoms with E-state index < -0.39 is 42.0 Å². The van der Waals surface area contributed by atoms with Gasteiger partial charge in [-0.2, -0.15) is 0 Å². The van der Waals surface area contributed by atoms with Gasteiger partial charge in [0.25, 0.3) is 11.8 Å². The van der Waals surface area contributed by atoms with Gasteiger partial charge in [0.1, 0.15) is 12.1 Å². The highest BCUT2D eigenvalue weighted by Crippen LogP contribution is 2.46. The SMILES string of the molecule is Cc1ccc(Cl)cc1NC(=O)C(C)OC(=O)CN1C(=O)NC2(CC(C)CC(C)(C)C2)C1=O. The maximum absolute atomic E-state index is 13.1. The lowest BCUT2D eigenvalue weighted by atomic mass is 9.64. The molecular formula is C23H30ClN3O5. The van der Waals surface area contributed by atoms with E-state index in [1.54, 1.807) is 18.2 Å². The van der Waals surface area contributed by atoms with Gasteiger partial charge in [0.05, 0.1) is 0 Å². The Hall–Kier alpha value is -2.61. The van der Waals surface area contributed by atoms with E-state index in [-0.39, 0.29) is 11.3 Å². The van der Waals surface area contributed by atoms with Crippen LogP contribution in [0.4, 0.5) is 10.5 Å². The summed E-state index contributed by atoms with van der Waals surface area (Å²) in [7, 11) is 0. The number of rotatable bonds is 5. The molecule has 0 radical (unpaired) electrons. The Morgan fingerprint density at radius 1 is 1.31 bits per heavy atom. The van der Waals surface area contributed by atoms with Crippen LogP contribution in [-0.2, 0) is 19.1 Å². The Morgan fingerprint density at radius 2 is 2.00 bits per heavy atom. The first kappa shape index (κ1) is 24.0. The van der Waals surface area contributed by atoms with Crippen LogP contribution in [0.1, 0.15) is 52.5 Å². The number of hydrogen-bond acceptors (Lipinski definition) is 5. The molecule has 0 bridgehead atoms. The highest BCUT2D eigenvalue weighted by molar-refractivity contribution is 6.31. The predicted octanol–water partition coefficient (Wildman–Crippen LogP) is 3.66. The summed E-state index contributed by atoms with van der Waals surface area (Å²) in [5.41, 5.74) is 0.208. The zero-order chi connectivity index (χ0) is 23.8. The summed E-state index contributed by atoms with van der Waals surface area (Å²) in [5.74, 6) is -1.53. The minimum atomic E-state index is -1.12. The molecule has 2 N–H and O–H groups in total. The monoisotopic (exact) mass is 463 g/mol. The molecule has 3 atom stereocenters. The lowest BCUT2D eigenvalue weighted by Crippen LogP contribution is -2.54. The normalized spacial score (nSPS) is 25.4. The number of hydrogen-bond donors (Lipinski definition) is 2. The van der Waals surface area contributed by atoms with E-state index in [9.17, 15) is 19.2 Å². The van der Waals surface area contributed by atoms with Gasteiger partial charge in [0, 0.05) is 10.7 Å². The first-order valence-electron chi connectivity index (χ1n) is 10.7. The van der Waals surface area contributed by atoms with E-state index in [0.717, 1.165) is 16.9 Å². The number of halogens is 1. The quantitative estimate of drug-likeness (QED) is 0.512. The fourth-order valence-electron chi connectivity index (χ4n) is 5.03. The third-order valence-corrected chi connectivity index (χ3v) is 6.28. The fraction of sp³-hybridized carbons (Fsp3) is 0.565. The molecule has 8 nitrogen and oxygen atoms in total. The van der Waals surface area contributed by atoms with Gasteiger partial charge in [-0.1, -0.05) is 38.4 Å². The Labute approximate surface area is 193 Å². The molecule has 1 aliphatic heterocycles. The average Bonchev–Trinajstić information content (AvgIpc) is 2.86. The van der Waals surface area contributed by atoms with Gasteiger partial charge in [-0.15, -0.1) is 0 Å². The average molecular weight is 464 g/mol. The second kappa shape index (κ2) is 8.73. The van der Waals surface area contributed by atoms with Crippen LogP contribution in [0.2, 0.25) is 5.02 Å². The molecule has 1 aromatic rings. The van der Waals surface area contributed by atoms with Crippen molar-refractivity contribution in [3.8, 4) is 0 Å². The Balaban J connectivity index is 1.62. The minimum Gasteiger partial charge on any atom is -0.451 e. The summed E-state index contributed by atoms with van der Waals surface area (Å²) >= 11 is 5.96. The number of anilines is 1. The van der Waals surface area contributed by atoms with Crippen LogP contribution >= 0.6 is 11.6 Å². The van der Waals surface area contributed by atoms with Crippen molar-refractivity contribution in [3.63, 3.8) is 0 Å². The van der Waals surface area contributed by atoms with E-state index in [0.29, 0.717) is 23.6 Å². The maximum atomic E-state index is 13.1. The molecule has 174 valence electrons. The van der Waals surface area contributed by atoms with Crippen molar-refractivity contribution in [1.29, 1.82) is 0 Å². The van der Waals surface area contributed by atoms with Crippen molar-refractivity contribution in [3.05, 3.63) is 28.8 Å². The van der Waals surface area contributed by atoms with Crippen LogP contribution in [0.25, 0.3) is 0 Å². The van der Waals surface area contributed by atoms with Gasteiger partial charge in [-0.25, -0.2) is 4.79 Å².